The van der Waals surface area contributed by atoms with Gasteiger partial charge in [-0.1, -0.05) is 165 Å². The second-order valence-corrected chi connectivity index (χ2v) is 22.6. The summed E-state index contributed by atoms with van der Waals surface area (Å²) in [5, 5.41) is 36.0. The molecule has 6 heterocycles. The molecule has 0 fully saturated rings. The summed E-state index contributed by atoms with van der Waals surface area (Å²) in [5.74, 6) is 0.277. The number of hydrogen-bond donors (Lipinski definition) is 10. The van der Waals surface area contributed by atoms with E-state index in [0.717, 1.165) is 35.1 Å². The zero-order chi connectivity index (χ0) is 58.7. The number of carbonyl (C=O) groups is 2. The molecule has 0 bridgehead atoms. The van der Waals surface area contributed by atoms with Crippen LogP contribution in [0.5, 0.6) is 0 Å². The maximum atomic E-state index is 10.9. The Kier molecular flexibility index (Phi) is 24.1. The average molecular weight is 1100 g/mol. The molecule has 6 aliphatic rings. The van der Waals surface area contributed by atoms with E-state index in [4.69, 9.17) is 31.0 Å². The van der Waals surface area contributed by atoms with Gasteiger partial charge in [-0.2, -0.15) is 0 Å². The van der Waals surface area contributed by atoms with E-state index in [1.54, 1.807) is 13.8 Å². The van der Waals surface area contributed by atoms with Gasteiger partial charge in [0, 0.05) is 34.1 Å². The van der Waals surface area contributed by atoms with E-state index in [0.29, 0.717) is 59.8 Å². The van der Waals surface area contributed by atoms with Gasteiger partial charge in [-0.15, -0.1) is 0 Å². The van der Waals surface area contributed by atoms with Crippen molar-refractivity contribution in [2.45, 2.75) is 119 Å². The van der Waals surface area contributed by atoms with Crippen molar-refractivity contribution >= 4 is 119 Å². The summed E-state index contributed by atoms with van der Waals surface area (Å²) in [6.07, 6.45) is 9.90. The predicted molar refractivity (Wildman–Crippen MR) is 355 cm³/mol. The van der Waals surface area contributed by atoms with Crippen LogP contribution in [-0.2, 0) is 57.8 Å². The first-order valence-electron chi connectivity index (χ1n) is 29.6. The summed E-state index contributed by atoms with van der Waals surface area (Å²) < 4.78 is 11.1. The molecule has 6 aromatic carbocycles. The third-order valence-corrected chi connectivity index (χ3v) is 16.5. The molecule has 82 heavy (non-hydrogen) atoms. The van der Waals surface area contributed by atoms with Gasteiger partial charge in [0.1, 0.15) is 25.0 Å². The summed E-state index contributed by atoms with van der Waals surface area (Å²) in [4.78, 5) is 21.7. The van der Waals surface area contributed by atoms with E-state index in [1.807, 2.05) is 44.0 Å². The SMILES string of the molecule is CB1CCc2ccc(NCN)cc21.CB1CCc2ccc(NCO)cc21.CB1CCc2cccc(NCN)c21.CB1CCc2cccc(NCO)c21.CB1OCc2ccc(NCC(C)=O)cc21.CB1OCc2cccc(NCC(C)=O)c21. The Hall–Kier alpha value is -6.39. The third-order valence-electron chi connectivity index (χ3n) is 16.5. The number of nitrogens with one attached hydrogen (secondary N) is 6. The average Bonchev–Trinajstić information content (AvgIpc) is 4.57. The molecule has 0 aliphatic carbocycles. The number of hydrogen-bond acceptors (Lipinski definition) is 14. The van der Waals surface area contributed by atoms with Crippen molar-refractivity contribution in [1.29, 1.82) is 0 Å². The number of aryl methyl sites for hydroxylation is 4. The van der Waals surface area contributed by atoms with Crippen molar-refractivity contribution in [1.82, 2.24) is 0 Å². The summed E-state index contributed by atoms with van der Waals surface area (Å²) >= 11 is 0. The van der Waals surface area contributed by atoms with Crippen molar-refractivity contribution < 1.29 is 29.1 Å². The number of aliphatic hydroxyl groups is 2. The Morgan fingerprint density at radius 2 is 0.854 bits per heavy atom. The molecule has 20 heteroatoms. The minimum atomic E-state index is 0.00711. The maximum Gasteiger partial charge on any atom is 0.326 e. The highest BCUT2D eigenvalue weighted by molar-refractivity contribution is 6.76. The zero-order valence-electron chi connectivity index (χ0n) is 49.9. The summed E-state index contributed by atoms with van der Waals surface area (Å²) in [5.41, 5.74) is 34.0. The molecule has 0 saturated heterocycles. The minimum absolute atomic E-state index is 0.00711. The molecule has 0 unspecified atom stereocenters. The topological polar surface area (TPSA) is 217 Å². The fourth-order valence-electron chi connectivity index (χ4n) is 12.0. The number of rotatable bonds is 14. The number of anilines is 6. The molecule has 14 nitrogen and oxygen atoms in total. The normalized spacial score (nSPS) is 14.2. The Morgan fingerprint density at radius 3 is 1.38 bits per heavy atom. The molecular weight excluding hydrogens is 1020 g/mol. The van der Waals surface area contributed by atoms with Crippen LogP contribution in [0.4, 0.5) is 34.1 Å². The molecule has 12 N–H and O–H groups in total. The molecular formula is C62H86B6N8O6. The molecule has 428 valence electrons. The highest BCUT2D eigenvalue weighted by Gasteiger charge is 2.28. The van der Waals surface area contributed by atoms with Crippen LogP contribution in [-0.4, -0.2) is 102 Å². The highest BCUT2D eigenvalue weighted by Crippen LogP contribution is 2.23. The molecule has 0 spiro atoms. The van der Waals surface area contributed by atoms with Crippen LogP contribution < -0.4 is 76.1 Å². The monoisotopic (exact) mass is 1100 g/mol. The van der Waals surface area contributed by atoms with Gasteiger partial charge in [0.15, 0.2) is 26.9 Å². The standard InChI is InChI=1S/2C11H14BNO2.2C10H15BN2.2C10H14BNO/c1-8(14)6-13-10-4-3-9-7-15-12(2)11(9)5-10;1-8(14)6-13-10-5-3-4-9-7-15-12(2)11(9)10;1-11-5-4-8-2-3-9(13-7-12)6-10(8)11;1-11-6-5-8-3-2-4-9(10(8)11)13-7-12;1-11-5-4-8-2-3-9(12-7-13)6-10(8)11;1-11-6-5-8-3-2-4-9(10(8)11)12-7-13/h2*3-5,13H,6-7H2,1-2H3;2-3,6,13H,4-5,7,12H2,1H3;2-4,13H,5-7,12H2,1H3;2-3,6,12-13H,4-5,7H2,1H3;2-4,12-13H,5-7H2,1H3. The predicted octanol–water partition coefficient (Wildman–Crippen LogP) is 5.77. The second kappa shape index (κ2) is 31.3. The number of benzene rings is 6. The third kappa shape index (κ3) is 17.1. The smallest absolute Gasteiger partial charge is 0.326 e. The lowest BCUT2D eigenvalue weighted by Crippen LogP contribution is -2.28. The first-order chi connectivity index (χ1) is 39.6. The quantitative estimate of drug-likeness (QED) is 0.0463. The molecule has 0 amide bonds. The lowest BCUT2D eigenvalue weighted by Gasteiger charge is -2.11. The molecule has 6 aromatic rings. The van der Waals surface area contributed by atoms with Crippen LogP contribution in [0.1, 0.15) is 47.2 Å². The van der Waals surface area contributed by atoms with E-state index in [9.17, 15) is 9.59 Å². The number of ketones is 2. The number of fused-ring (bicyclic) bond motifs is 6. The fourth-order valence-corrected chi connectivity index (χ4v) is 12.0. The molecule has 0 radical (unpaired) electrons. The Labute approximate surface area is 490 Å². The van der Waals surface area contributed by atoms with Crippen LogP contribution in [0.2, 0.25) is 66.2 Å². The Bertz CT molecular complexity index is 2960. The lowest BCUT2D eigenvalue weighted by molar-refractivity contribution is -0.116. The molecule has 12 rings (SSSR count). The minimum Gasteiger partial charge on any atom is -0.427 e. The van der Waals surface area contributed by atoms with Crippen molar-refractivity contribution in [3.63, 3.8) is 0 Å². The number of carbonyl (C=O) groups excluding carboxylic acids is 2. The van der Waals surface area contributed by atoms with E-state index in [2.05, 4.69) is 138 Å². The number of aliphatic hydroxyl groups excluding tert-OH is 2. The summed E-state index contributed by atoms with van der Waals surface area (Å²) in [6.45, 7) is 22.5. The van der Waals surface area contributed by atoms with Gasteiger partial charge in [-0.25, -0.2) is 0 Å². The van der Waals surface area contributed by atoms with E-state index in [-0.39, 0.29) is 38.9 Å². The van der Waals surface area contributed by atoms with Gasteiger partial charge in [0.25, 0.3) is 0 Å². The first-order valence-corrected chi connectivity index (χ1v) is 29.6. The van der Waals surface area contributed by atoms with Crippen LogP contribution in [0, 0.1) is 0 Å². The molecule has 6 aliphatic heterocycles. The second-order valence-electron chi connectivity index (χ2n) is 22.6. The fraction of sp³-hybridized carbons (Fsp3) is 0.387. The van der Waals surface area contributed by atoms with Crippen LogP contribution in [0.25, 0.3) is 0 Å². The van der Waals surface area contributed by atoms with Crippen molar-refractivity contribution in [3.8, 4) is 0 Å². The van der Waals surface area contributed by atoms with Gasteiger partial charge < -0.3 is 62.9 Å². The Morgan fingerprint density at radius 1 is 0.439 bits per heavy atom. The van der Waals surface area contributed by atoms with Gasteiger partial charge in [-0.05, 0) is 116 Å². The largest absolute Gasteiger partial charge is 0.427 e. The first kappa shape index (κ1) is 63.2. The summed E-state index contributed by atoms with van der Waals surface area (Å²) in [7, 11) is 0. The highest BCUT2D eigenvalue weighted by atomic mass is 16.4. The lowest BCUT2D eigenvalue weighted by atomic mass is 9.47. The molecule has 0 aromatic heterocycles. The summed E-state index contributed by atoms with van der Waals surface area (Å²) in [6, 6.07) is 37.8. The van der Waals surface area contributed by atoms with Gasteiger partial charge >= 0.3 is 13.8 Å². The van der Waals surface area contributed by atoms with Crippen molar-refractivity contribution in [2.75, 3.05) is 71.8 Å². The Balaban J connectivity index is 0.000000142. The van der Waals surface area contributed by atoms with Gasteiger partial charge in [0.2, 0.25) is 0 Å². The molecule has 0 atom stereocenters. The van der Waals surface area contributed by atoms with Gasteiger partial charge in [0.05, 0.1) is 39.6 Å². The van der Waals surface area contributed by atoms with Crippen LogP contribution in [0.3, 0.4) is 0 Å². The van der Waals surface area contributed by atoms with Crippen molar-refractivity contribution in [2.24, 2.45) is 11.5 Å². The van der Waals surface area contributed by atoms with E-state index >= 15 is 0 Å². The molecule has 0 saturated carbocycles. The maximum absolute atomic E-state index is 10.9. The van der Waals surface area contributed by atoms with E-state index in [1.165, 1.54) is 123 Å². The van der Waals surface area contributed by atoms with E-state index < -0.39 is 0 Å². The van der Waals surface area contributed by atoms with Gasteiger partial charge in [-0.3, -0.25) is 9.59 Å². The van der Waals surface area contributed by atoms with Crippen LogP contribution in [0.15, 0.2) is 109 Å². The zero-order valence-corrected chi connectivity index (χ0v) is 49.9. The number of Topliss-reactive ketones (excluding diaryl/α,β-unsaturated/α-hetero) is 2. The van der Waals surface area contributed by atoms with Crippen molar-refractivity contribution in [3.05, 3.63) is 143 Å². The van der Waals surface area contributed by atoms with Crippen LogP contribution >= 0.6 is 0 Å². The number of nitrogens with two attached hydrogens (primary N) is 2.